The monoisotopic (exact) mass is 288 g/mol. The van der Waals surface area contributed by atoms with Crippen LogP contribution in [0.3, 0.4) is 0 Å². The molecule has 7 nitrogen and oxygen atoms in total. The number of hydrogen-bond donors (Lipinski definition) is 3. The zero-order chi connectivity index (χ0) is 15.8. The Morgan fingerprint density at radius 3 is 2.15 bits per heavy atom. The number of nitrogens with zero attached hydrogens (tertiary/aromatic N) is 1. The van der Waals surface area contributed by atoms with Gasteiger partial charge in [-0.25, -0.2) is 4.79 Å². The highest BCUT2D eigenvalue weighted by Gasteiger charge is 2.30. The summed E-state index contributed by atoms with van der Waals surface area (Å²) < 4.78 is 0. The predicted molar refractivity (Wildman–Crippen MR) is 73.0 cm³/mol. The molecule has 0 aliphatic carbocycles. The molecule has 0 saturated carbocycles. The van der Waals surface area contributed by atoms with Crippen molar-refractivity contribution in [1.82, 2.24) is 10.2 Å². The summed E-state index contributed by atoms with van der Waals surface area (Å²) in [6.45, 7) is 5.82. The van der Waals surface area contributed by atoms with E-state index in [0.29, 0.717) is 19.5 Å². The number of aliphatic hydroxyl groups is 1. The van der Waals surface area contributed by atoms with Crippen molar-refractivity contribution in [2.24, 2.45) is 0 Å². The van der Waals surface area contributed by atoms with Crippen LogP contribution in [0.4, 0.5) is 0 Å². The van der Waals surface area contributed by atoms with Crippen LogP contribution >= 0.6 is 0 Å². The SMILES string of the molecule is CCN(CC)C(=O)CCCC(=O)NCC(C)(O)C(=O)O. The van der Waals surface area contributed by atoms with Crippen LogP contribution in [-0.2, 0) is 14.4 Å². The number of amides is 2. The second-order valence-corrected chi connectivity index (χ2v) is 4.78. The van der Waals surface area contributed by atoms with Gasteiger partial charge >= 0.3 is 5.97 Å². The maximum absolute atomic E-state index is 11.7. The van der Waals surface area contributed by atoms with Gasteiger partial charge in [-0.05, 0) is 27.2 Å². The summed E-state index contributed by atoms with van der Waals surface area (Å²) in [6.07, 6.45) is 0.809. The second-order valence-electron chi connectivity index (χ2n) is 4.78. The molecule has 0 spiro atoms. The van der Waals surface area contributed by atoms with E-state index in [4.69, 9.17) is 5.11 Å². The molecular formula is C13H24N2O5. The van der Waals surface area contributed by atoms with Gasteiger partial charge in [0.15, 0.2) is 5.60 Å². The van der Waals surface area contributed by atoms with Gasteiger partial charge in [0.05, 0.1) is 6.54 Å². The maximum atomic E-state index is 11.7. The molecular weight excluding hydrogens is 264 g/mol. The summed E-state index contributed by atoms with van der Waals surface area (Å²) in [7, 11) is 0. The highest BCUT2D eigenvalue weighted by atomic mass is 16.4. The van der Waals surface area contributed by atoms with Crippen molar-refractivity contribution < 1.29 is 24.6 Å². The average molecular weight is 288 g/mol. The van der Waals surface area contributed by atoms with Crippen molar-refractivity contribution in [3.8, 4) is 0 Å². The van der Waals surface area contributed by atoms with Crippen LogP contribution in [0.2, 0.25) is 0 Å². The van der Waals surface area contributed by atoms with Crippen molar-refractivity contribution in [3.05, 3.63) is 0 Å². The number of carbonyl (C=O) groups is 3. The number of aliphatic carboxylic acids is 1. The summed E-state index contributed by atoms with van der Waals surface area (Å²) in [6, 6.07) is 0. The Balaban J connectivity index is 3.96. The molecule has 20 heavy (non-hydrogen) atoms. The van der Waals surface area contributed by atoms with E-state index < -0.39 is 11.6 Å². The Morgan fingerprint density at radius 2 is 1.70 bits per heavy atom. The summed E-state index contributed by atoms with van der Waals surface area (Å²) in [5.74, 6) is -1.77. The van der Waals surface area contributed by atoms with Crippen LogP contribution < -0.4 is 5.32 Å². The third kappa shape index (κ3) is 6.51. The molecule has 0 aliphatic rings. The lowest BCUT2D eigenvalue weighted by atomic mass is 10.1. The van der Waals surface area contributed by atoms with Gasteiger partial charge in [0.2, 0.25) is 11.8 Å². The highest BCUT2D eigenvalue weighted by Crippen LogP contribution is 2.03. The Bertz CT molecular complexity index is 351. The first-order valence-corrected chi connectivity index (χ1v) is 6.74. The van der Waals surface area contributed by atoms with E-state index in [0.717, 1.165) is 6.92 Å². The lowest BCUT2D eigenvalue weighted by Crippen LogP contribution is -2.46. The minimum Gasteiger partial charge on any atom is -0.479 e. The van der Waals surface area contributed by atoms with Gasteiger partial charge in [-0.15, -0.1) is 0 Å². The predicted octanol–water partition coefficient (Wildman–Crippen LogP) is -0.0231. The van der Waals surface area contributed by atoms with E-state index in [9.17, 15) is 19.5 Å². The summed E-state index contributed by atoms with van der Waals surface area (Å²) in [5, 5.41) is 20.4. The van der Waals surface area contributed by atoms with E-state index in [1.165, 1.54) is 0 Å². The zero-order valence-corrected chi connectivity index (χ0v) is 12.3. The molecule has 0 aliphatic heterocycles. The molecule has 1 unspecified atom stereocenters. The number of hydrogen-bond acceptors (Lipinski definition) is 4. The molecule has 0 heterocycles. The largest absolute Gasteiger partial charge is 0.479 e. The smallest absolute Gasteiger partial charge is 0.337 e. The fraction of sp³-hybridized carbons (Fsp3) is 0.769. The standard InChI is InChI=1S/C13H24N2O5/c1-4-15(5-2)11(17)8-6-7-10(16)14-9-13(3,20)12(18)19/h20H,4-9H2,1-3H3,(H,14,16)(H,18,19). The molecule has 0 radical (unpaired) electrons. The van der Waals surface area contributed by atoms with Crippen LogP contribution in [-0.4, -0.2) is 58.1 Å². The molecule has 7 heteroatoms. The summed E-state index contributed by atoms with van der Waals surface area (Å²) >= 11 is 0. The molecule has 2 amide bonds. The highest BCUT2D eigenvalue weighted by molar-refractivity contribution is 5.81. The normalized spacial score (nSPS) is 13.4. The minimum absolute atomic E-state index is 0.000308. The second kappa shape index (κ2) is 8.52. The van der Waals surface area contributed by atoms with Gasteiger partial charge < -0.3 is 20.4 Å². The van der Waals surface area contributed by atoms with Gasteiger partial charge in [-0.3, -0.25) is 9.59 Å². The van der Waals surface area contributed by atoms with E-state index in [1.807, 2.05) is 13.8 Å². The molecule has 0 bridgehead atoms. The molecule has 0 fully saturated rings. The number of carbonyl (C=O) groups excluding carboxylic acids is 2. The summed E-state index contributed by atoms with van der Waals surface area (Å²) in [5.41, 5.74) is -1.98. The first-order valence-electron chi connectivity index (χ1n) is 6.74. The van der Waals surface area contributed by atoms with E-state index in [-0.39, 0.29) is 31.2 Å². The number of nitrogens with one attached hydrogen (secondary N) is 1. The molecule has 0 saturated heterocycles. The summed E-state index contributed by atoms with van der Waals surface area (Å²) in [4.78, 5) is 35.4. The van der Waals surface area contributed by atoms with E-state index >= 15 is 0 Å². The van der Waals surface area contributed by atoms with Crippen LogP contribution in [0.15, 0.2) is 0 Å². The van der Waals surface area contributed by atoms with Crippen molar-refractivity contribution in [3.63, 3.8) is 0 Å². The molecule has 0 aromatic carbocycles. The quantitative estimate of drug-likeness (QED) is 0.552. The van der Waals surface area contributed by atoms with E-state index in [1.54, 1.807) is 4.90 Å². The minimum atomic E-state index is -1.98. The Kier molecular flexibility index (Phi) is 7.83. The molecule has 1 atom stereocenters. The Labute approximate surface area is 119 Å². The van der Waals surface area contributed by atoms with Crippen molar-refractivity contribution in [2.45, 2.75) is 45.6 Å². The molecule has 0 aromatic rings. The Morgan fingerprint density at radius 1 is 1.15 bits per heavy atom. The molecule has 0 rings (SSSR count). The number of carboxylic acid groups (broad SMARTS) is 1. The third-order valence-electron chi connectivity index (χ3n) is 3.00. The van der Waals surface area contributed by atoms with E-state index in [2.05, 4.69) is 5.32 Å². The van der Waals surface area contributed by atoms with Crippen LogP contribution in [0.5, 0.6) is 0 Å². The Hall–Kier alpha value is -1.63. The first-order chi connectivity index (χ1) is 9.24. The van der Waals surface area contributed by atoms with Crippen molar-refractivity contribution in [1.29, 1.82) is 0 Å². The first kappa shape index (κ1) is 18.4. The van der Waals surface area contributed by atoms with Crippen molar-refractivity contribution in [2.75, 3.05) is 19.6 Å². The lowest BCUT2D eigenvalue weighted by molar-refractivity contribution is -0.156. The van der Waals surface area contributed by atoms with Gasteiger partial charge in [0.25, 0.3) is 0 Å². The van der Waals surface area contributed by atoms with Gasteiger partial charge in [0.1, 0.15) is 0 Å². The fourth-order valence-corrected chi connectivity index (χ4v) is 1.57. The van der Waals surface area contributed by atoms with Gasteiger partial charge in [0, 0.05) is 25.9 Å². The number of rotatable bonds is 9. The molecule has 0 aromatic heterocycles. The maximum Gasteiger partial charge on any atom is 0.337 e. The number of carboxylic acids is 1. The topological polar surface area (TPSA) is 107 Å². The van der Waals surface area contributed by atoms with Crippen LogP contribution in [0, 0.1) is 0 Å². The van der Waals surface area contributed by atoms with Gasteiger partial charge in [-0.2, -0.15) is 0 Å². The molecule has 3 N–H and O–H groups in total. The molecule has 116 valence electrons. The lowest BCUT2D eigenvalue weighted by Gasteiger charge is -2.19. The third-order valence-corrected chi connectivity index (χ3v) is 3.00. The fourth-order valence-electron chi connectivity index (χ4n) is 1.57. The zero-order valence-electron chi connectivity index (χ0n) is 12.3. The van der Waals surface area contributed by atoms with Gasteiger partial charge in [-0.1, -0.05) is 0 Å². The van der Waals surface area contributed by atoms with Crippen LogP contribution in [0.1, 0.15) is 40.0 Å². The average Bonchev–Trinajstić information content (AvgIpc) is 2.37. The van der Waals surface area contributed by atoms with Crippen molar-refractivity contribution >= 4 is 17.8 Å². The van der Waals surface area contributed by atoms with Crippen LogP contribution in [0.25, 0.3) is 0 Å².